The van der Waals surface area contributed by atoms with Gasteiger partial charge in [-0.25, -0.2) is 4.79 Å². The molecule has 1 fully saturated rings. The van der Waals surface area contributed by atoms with Gasteiger partial charge in [0.25, 0.3) is 5.91 Å². The number of amides is 2. The molecule has 2 amide bonds. The maximum Gasteiger partial charge on any atom is 0.352 e. The van der Waals surface area contributed by atoms with Crippen LogP contribution in [0.5, 0.6) is 0 Å². The van der Waals surface area contributed by atoms with Gasteiger partial charge in [0.05, 0.1) is 6.42 Å². The van der Waals surface area contributed by atoms with Crippen LogP contribution in [0.2, 0.25) is 0 Å². The molecule has 2 N–H and O–H groups in total. The Morgan fingerprint density at radius 2 is 2.15 bits per heavy atom. The van der Waals surface area contributed by atoms with Gasteiger partial charge in [-0.3, -0.25) is 14.5 Å². The standard InChI is InChI=1S/C16H18N2O6S2/c1-23-16(24-2)9-7-26-14-11(13(20)18(14)12(9)15(21)22)17-10(19)6-8-4-3-5-25-8/h3-5,11,14,16H,6-7H2,1-2H3,(H,17,19)(H,21,22)/t11-,14+/m1/s1. The minimum atomic E-state index is -1.22. The molecule has 2 aliphatic rings. The summed E-state index contributed by atoms with van der Waals surface area (Å²) < 4.78 is 10.3. The van der Waals surface area contributed by atoms with E-state index in [4.69, 9.17) is 9.47 Å². The maximum atomic E-state index is 12.5. The number of thiophene rings is 1. The molecule has 0 aliphatic carbocycles. The number of hydrogen-bond acceptors (Lipinski definition) is 7. The van der Waals surface area contributed by atoms with Crippen molar-refractivity contribution >= 4 is 40.9 Å². The Labute approximate surface area is 158 Å². The van der Waals surface area contributed by atoms with Crippen molar-refractivity contribution in [3.63, 3.8) is 0 Å². The molecule has 0 spiro atoms. The van der Waals surface area contributed by atoms with Crippen LogP contribution in [0, 0.1) is 0 Å². The van der Waals surface area contributed by atoms with E-state index in [2.05, 4.69) is 5.32 Å². The first-order valence-electron chi connectivity index (χ1n) is 7.76. The number of fused-ring (bicyclic) bond motifs is 1. The Kier molecular flexibility index (Phi) is 5.66. The molecule has 3 rings (SSSR count). The van der Waals surface area contributed by atoms with Crippen molar-refractivity contribution in [3.8, 4) is 0 Å². The van der Waals surface area contributed by atoms with Crippen molar-refractivity contribution in [1.82, 2.24) is 10.2 Å². The van der Waals surface area contributed by atoms with E-state index >= 15 is 0 Å². The number of thioether (sulfide) groups is 1. The van der Waals surface area contributed by atoms with E-state index in [1.807, 2.05) is 17.5 Å². The Morgan fingerprint density at radius 1 is 1.42 bits per heavy atom. The number of nitrogens with one attached hydrogen (secondary N) is 1. The summed E-state index contributed by atoms with van der Waals surface area (Å²) >= 11 is 2.84. The molecule has 2 atom stereocenters. The van der Waals surface area contributed by atoms with Crippen LogP contribution >= 0.6 is 23.1 Å². The summed E-state index contributed by atoms with van der Waals surface area (Å²) in [5, 5.41) is 13.7. The lowest BCUT2D eigenvalue weighted by atomic mass is 10.0. The summed E-state index contributed by atoms with van der Waals surface area (Å²) in [7, 11) is 2.81. The maximum absolute atomic E-state index is 12.5. The predicted octanol–water partition coefficient (Wildman–Crippen LogP) is 0.648. The third kappa shape index (κ3) is 3.37. The molecule has 1 aromatic heterocycles. The molecule has 3 heterocycles. The van der Waals surface area contributed by atoms with Crippen LogP contribution in [-0.2, 0) is 30.3 Å². The fourth-order valence-corrected chi connectivity index (χ4v) is 5.06. The number of carboxylic acids is 1. The number of carboxylic acid groups (broad SMARTS) is 1. The molecular formula is C16H18N2O6S2. The molecule has 1 saturated heterocycles. The lowest BCUT2D eigenvalue weighted by Gasteiger charge is -2.49. The highest BCUT2D eigenvalue weighted by Crippen LogP contribution is 2.41. The van der Waals surface area contributed by atoms with E-state index in [0.717, 1.165) is 4.88 Å². The zero-order valence-corrected chi connectivity index (χ0v) is 15.8. The van der Waals surface area contributed by atoms with Crippen LogP contribution in [0.25, 0.3) is 0 Å². The van der Waals surface area contributed by atoms with Crippen LogP contribution in [0.3, 0.4) is 0 Å². The second-order valence-electron chi connectivity index (χ2n) is 5.69. The molecule has 140 valence electrons. The number of β-lactam (4-membered cyclic amide) rings is 1. The van der Waals surface area contributed by atoms with Crippen molar-refractivity contribution in [3.05, 3.63) is 33.7 Å². The van der Waals surface area contributed by atoms with E-state index in [1.54, 1.807) is 0 Å². The summed E-state index contributed by atoms with van der Waals surface area (Å²) in [5.74, 6) is -1.59. The number of ether oxygens (including phenoxy) is 2. The van der Waals surface area contributed by atoms with E-state index in [0.29, 0.717) is 11.3 Å². The first-order chi connectivity index (χ1) is 12.5. The van der Waals surface area contributed by atoms with E-state index in [1.165, 1.54) is 42.2 Å². The van der Waals surface area contributed by atoms with E-state index < -0.39 is 29.6 Å². The normalized spacial score (nSPS) is 22.3. The SMILES string of the molecule is COC(OC)C1=C(C(=O)O)N2C(=O)[C@@H](NC(=O)Cc3cccs3)[C@@H]2SC1. The average Bonchev–Trinajstić information content (AvgIpc) is 3.12. The van der Waals surface area contributed by atoms with Gasteiger partial charge in [-0.15, -0.1) is 23.1 Å². The average molecular weight is 398 g/mol. The number of nitrogens with zero attached hydrogens (tertiary/aromatic N) is 1. The van der Waals surface area contributed by atoms with Crippen LogP contribution in [0.1, 0.15) is 4.88 Å². The summed E-state index contributed by atoms with van der Waals surface area (Å²) in [4.78, 5) is 38.5. The van der Waals surface area contributed by atoms with Gasteiger partial charge in [0.1, 0.15) is 17.1 Å². The van der Waals surface area contributed by atoms with Gasteiger partial charge in [-0.2, -0.15) is 0 Å². The third-order valence-electron chi connectivity index (χ3n) is 4.14. The predicted molar refractivity (Wildman–Crippen MR) is 95.5 cm³/mol. The number of rotatable bonds is 7. The summed E-state index contributed by atoms with van der Waals surface area (Å²) in [6.45, 7) is 0. The van der Waals surface area contributed by atoms with Crippen molar-refractivity contribution in [2.45, 2.75) is 24.1 Å². The monoisotopic (exact) mass is 398 g/mol. The number of carbonyl (C=O) groups is 3. The van der Waals surface area contributed by atoms with E-state index in [9.17, 15) is 19.5 Å². The van der Waals surface area contributed by atoms with Crippen LogP contribution in [0.4, 0.5) is 0 Å². The van der Waals surface area contributed by atoms with Gasteiger partial charge in [0.15, 0.2) is 6.29 Å². The van der Waals surface area contributed by atoms with Crippen LogP contribution < -0.4 is 5.32 Å². The quantitative estimate of drug-likeness (QED) is 0.513. The molecule has 8 nitrogen and oxygen atoms in total. The highest BCUT2D eigenvalue weighted by molar-refractivity contribution is 8.00. The van der Waals surface area contributed by atoms with Crippen molar-refractivity contribution < 1.29 is 29.0 Å². The van der Waals surface area contributed by atoms with Crippen LogP contribution in [0.15, 0.2) is 28.8 Å². The molecule has 26 heavy (non-hydrogen) atoms. The molecule has 2 aliphatic heterocycles. The zero-order valence-electron chi connectivity index (χ0n) is 14.1. The fraction of sp³-hybridized carbons (Fsp3) is 0.438. The zero-order chi connectivity index (χ0) is 18.8. The van der Waals surface area contributed by atoms with Gasteiger partial charge in [0, 0.05) is 30.4 Å². The molecule has 10 heteroatoms. The van der Waals surface area contributed by atoms with Gasteiger partial charge in [0.2, 0.25) is 5.91 Å². The Bertz CT molecular complexity index is 744. The van der Waals surface area contributed by atoms with Gasteiger partial charge in [-0.1, -0.05) is 6.07 Å². The summed E-state index contributed by atoms with van der Waals surface area (Å²) in [6.07, 6.45) is -0.643. The Hall–Kier alpha value is -1.88. The minimum absolute atomic E-state index is 0.129. The molecule has 0 unspecified atom stereocenters. The second-order valence-corrected chi connectivity index (χ2v) is 7.83. The summed E-state index contributed by atoms with van der Waals surface area (Å²) in [6, 6.07) is 2.97. The Morgan fingerprint density at radius 3 is 2.73 bits per heavy atom. The summed E-state index contributed by atoms with van der Waals surface area (Å²) in [5.41, 5.74) is 0.261. The number of methoxy groups -OCH3 is 2. The minimum Gasteiger partial charge on any atom is -0.477 e. The molecular weight excluding hydrogens is 380 g/mol. The van der Waals surface area contributed by atoms with Crippen LogP contribution in [-0.4, -0.2) is 65.5 Å². The highest BCUT2D eigenvalue weighted by atomic mass is 32.2. The first kappa shape index (κ1) is 18.9. The number of aliphatic carboxylic acids is 1. The smallest absolute Gasteiger partial charge is 0.352 e. The largest absolute Gasteiger partial charge is 0.477 e. The molecule has 0 aromatic carbocycles. The molecule has 0 saturated carbocycles. The van der Waals surface area contributed by atoms with E-state index in [-0.39, 0.29) is 18.0 Å². The first-order valence-corrected chi connectivity index (χ1v) is 9.69. The van der Waals surface area contributed by atoms with Gasteiger partial charge >= 0.3 is 5.97 Å². The lowest BCUT2D eigenvalue weighted by molar-refractivity contribution is -0.151. The molecule has 0 radical (unpaired) electrons. The van der Waals surface area contributed by atoms with Crippen molar-refractivity contribution in [2.24, 2.45) is 0 Å². The Balaban J connectivity index is 1.74. The molecule has 0 bridgehead atoms. The number of carbonyl (C=O) groups excluding carboxylic acids is 2. The van der Waals surface area contributed by atoms with Crippen molar-refractivity contribution in [2.75, 3.05) is 20.0 Å². The fourth-order valence-electron chi connectivity index (χ4n) is 3.00. The topological polar surface area (TPSA) is 105 Å². The second kappa shape index (κ2) is 7.78. The third-order valence-corrected chi connectivity index (χ3v) is 6.32. The van der Waals surface area contributed by atoms with Crippen molar-refractivity contribution in [1.29, 1.82) is 0 Å². The lowest BCUT2D eigenvalue weighted by Crippen LogP contribution is -2.71. The highest BCUT2D eigenvalue weighted by Gasteiger charge is 2.54. The van der Waals surface area contributed by atoms with Gasteiger partial charge < -0.3 is 19.9 Å². The molecule has 1 aromatic rings. The van der Waals surface area contributed by atoms with Gasteiger partial charge in [-0.05, 0) is 11.4 Å². The number of hydrogen-bond donors (Lipinski definition) is 2.